The van der Waals surface area contributed by atoms with E-state index < -0.39 is 0 Å². The normalized spacial score (nSPS) is 10.2. The van der Waals surface area contributed by atoms with Crippen LogP contribution in [0.4, 0.5) is 0 Å². The van der Waals surface area contributed by atoms with E-state index >= 15 is 0 Å². The van der Waals surface area contributed by atoms with E-state index in [1.807, 2.05) is 0 Å². The van der Waals surface area contributed by atoms with Gasteiger partial charge in [-0.3, -0.25) is 0 Å². The molecule has 0 radical (unpaired) electrons. The van der Waals surface area contributed by atoms with E-state index in [4.69, 9.17) is 0 Å². The molecule has 0 bridgehead atoms. The van der Waals surface area contributed by atoms with E-state index in [0.717, 1.165) is 0 Å². The molecule has 0 fully saturated rings. The zero-order valence-corrected chi connectivity index (χ0v) is 24.5. The number of halogens is 2. The maximum Gasteiger partial charge on any atom is -0.0771 e. The Morgan fingerprint density at radius 3 is 1.62 bits per heavy atom. The molecule has 0 saturated carbocycles. The first-order valence-corrected chi connectivity index (χ1v) is 12.4. The Labute approximate surface area is 232 Å². The first-order chi connectivity index (χ1) is 15.3. The summed E-state index contributed by atoms with van der Waals surface area (Å²) < 4.78 is 1.51. The smallest absolute Gasteiger partial charge is 0.0771 e. The summed E-state index contributed by atoms with van der Waals surface area (Å²) in [6.07, 6.45) is 0. The number of fused-ring (bicyclic) bond motifs is 3. The van der Waals surface area contributed by atoms with Crippen molar-refractivity contribution in [3.8, 4) is 11.1 Å². The molecule has 0 amide bonds. The molecule has 0 saturated heterocycles. The van der Waals surface area contributed by atoms with Gasteiger partial charge in [0, 0.05) is 0 Å². The Morgan fingerprint density at radius 2 is 1.15 bits per heavy atom. The molecule has 0 spiro atoms. The largest absolute Gasteiger partial charge is 1.00 e. The van der Waals surface area contributed by atoms with Crippen LogP contribution in [0.15, 0.2) is 103 Å². The summed E-state index contributed by atoms with van der Waals surface area (Å²) in [7, 11) is 0. The molecule has 5 aromatic rings. The van der Waals surface area contributed by atoms with Crippen molar-refractivity contribution in [2.75, 3.05) is 0 Å². The zero-order chi connectivity index (χ0) is 23.1. The molecule has 0 nitrogen and oxygen atoms in total. The van der Waals surface area contributed by atoms with Crippen LogP contribution in [-0.4, -0.2) is 3.21 Å². The molecular formula is C31H32Cl2Zr-2. The fourth-order valence-electron chi connectivity index (χ4n) is 3.85. The average Bonchev–Trinajstić information content (AvgIpc) is 3.41. The van der Waals surface area contributed by atoms with Crippen molar-refractivity contribution in [1.82, 2.24) is 0 Å². The summed E-state index contributed by atoms with van der Waals surface area (Å²) in [4.78, 5) is 0. The molecule has 5 rings (SSSR count). The van der Waals surface area contributed by atoms with E-state index in [-0.39, 0.29) is 30.2 Å². The Kier molecular flexibility index (Phi) is 12.4. The molecule has 0 aliphatic rings. The Hall–Kier alpha value is -1.79. The van der Waals surface area contributed by atoms with Crippen LogP contribution in [0.25, 0.3) is 32.7 Å². The van der Waals surface area contributed by atoms with Crippen LogP contribution in [0.5, 0.6) is 0 Å². The second kappa shape index (κ2) is 13.9. The number of hydrogen-bond donors (Lipinski definition) is 0. The van der Waals surface area contributed by atoms with Crippen LogP contribution in [0.2, 0.25) is 0 Å². The molecule has 0 aliphatic carbocycles. The first-order valence-electron chi connectivity index (χ1n) is 11.1. The molecule has 0 unspecified atom stereocenters. The van der Waals surface area contributed by atoms with Gasteiger partial charge in [-0.2, -0.15) is 18.2 Å². The molecule has 0 aromatic heterocycles. The minimum atomic E-state index is 0. The van der Waals surface area contributed by atoms with E-state index in [2.05, 4.69) is 138 Å². The van der Waals surface area contributed by atoms with Gasteiger partial charge in [-0.25, -0.2) is 0 Å². The van der Waals surface area contributed by atoms with Gasteiger partial charge >= 0.3 is 41.3 Å². The Balaban J connectivity index is 0.000000282. The second-order valence-electron chi connectivity index (χ2n) is 9.29. The quantitative estimate of drug-likeness (QED) is 0.274. The molecule has 34 heavy (non-hydrogen) atoms. The predicted octanol–water partition coefficient (Wildman–Crippen LogP) is 2.84. The molecule has 0 N–H and O–H groups in total. The summed E-state index contributed by atoms with van der Waals surface area (Å²) in [6, 6.07) is 36.5. The third-order valence-corrected chi connectivity index (χ3v) is 5.23. The van der Waals surface area contributed by atoms with E-state index in [1.54, 1.807) is 24.2 Å². The van der Waals surface area contributed by atoms with Crippen molar-refractivity contribution >= 4 is 24.8 Å². The monoisotopic (exact) mass is 564 g/mol. The number of rotatable bonds is 1. The van der Waals surface area contributed by atoms with Crippen LogP contribution in [0.1, 0.15) is 40.2 Å². The van der Waals surface area contributed by atoms with Gasteiger partial charge in [0.25, 0.3) is 0 Å². The predicted molar refractivity (Wildman–Crippen MR) is 140 cm³/mol. The summed E-state index contributed by atoms with van der Waals surface area (Å²) in [5.74, 6) is 0. The second-order valence-corrected chi connectivity index (χ2v) is 11.7. The number of hydrogen-bond acceptors (Lipinski definition) is 0. The minimum absolute atomic E-state index is 0. The molecule has 0 aliphatic heterocycles. The van der Waals surface area contributed by atoms with Crippen LogP contribution in [-0.2, 0) is 29.7 Å². The molecule has 176 valence electrons. The van der Waals surface area contributed by atoms with Crippen molar-refractivity contribution in [3.05, 3.63) is 109 Å². The third-order valence-electron chi connectivity index (χ3n) is 5.23. The Bertz CT molecular complexity index is 1230. The van der Waals surface area contributed by atoms with Crippen LogP contribution < -0.4 is 24.8 Å². The molecule has 0 heterocycles. The van der Waals surface area contributed by atoms with Crippen molar-refractivity contribution < 1.29 is 49.0 Å². The van der Waals surface area contributed by atoms with Crippen molar-refractivity contribution in [3.63, 3.8) is 0 Å². The van der Waals surface area contributed by atoms with Crippen LogP contribution in [0.3, 0.4) is 0 Å². The minimum Gasteiger partial charge on any atom is -1.00 e. The van der Waals surface area contributed by atoms with Gasteiger partial charge < -0.3 is 24.8 Å². The molecular weight excluding hydrogens is 534 g/mol. The molecule has 5 aromatic carbocycles. The third kappa shape index (κ3) is 8.16. The topological polar surface area (TPSA) is 0 Å². The number of benzene rings is 3. The standard InChI is InChI=1S/C15H17.C13H9.C3H6.2ClH.Zr/c1-15(2,3)14-11-7-6-10-13(14)12-8-4-5-9-12;1-3-7-12-10(5-1)9-11-6-2-4-8-13(11)12;1-3-2;;;/h4-11H,1-3H3;1-9H;1-2H3;2*1H;/q2*-1;;;;+2/p-2. The molecule has 3 heteroatoms. The average molecular weight is 567 g/mol. The summed E-state index contributed by atoms with van der Waals surface area (Å²) >= 11 is 1.55. The van der Waals surface area contributed by atoms with E-state index in [0.29, 0.717) is 0 Å². The van der Waals surface area contributed by atoms with Gasteiger partial charge in [0.1, 0.15) is 0 Å². The van der Waals surface area contributed by atoms with Crippen LogP contribution in [0, 0.1) is 0 Å². The van der Waals surface area contributed by atoms with E-state index in [9.17, 15) is 0 Å². The van der Waals surface area contributed by atoms with Crippen LogP contribution >= 0.6 is 0 Å². The molecule has 0 atom stereocenters. The van der Waals surface area contributed by atoms with Gasteiger partial charge in [-0.15, -0.1) is 51.4 Å². The fraction of sp³-hybridized carbons (Fsp3) is 0.194. The Morgan fingerprint density at radius 1 is 0.676 bits per heavy atom. The van der Waals surface area contributed by atoms with Gasteiger partial charge in [0.05, 0.1) is 0 Å². The van der Waals surface area contributed by atoms with Crippen molar-refractivity contribution in [2.24, 2.45) is 0 Å². The van der Waals surface area contributed by atoms with Crippen molar-refractivity contribution in [2.45, 2.75) is 40.0 Å². The summed E-state index contributed by atoms with van der Waals surface area (Å²) in [5.41, 5.74) is 4.29. The zero-order valence-electron chi connectivity index (χ0n) is 20.6. The maximum absolute atomic E-state index is 2.26. The van der Waals surface area contributed by atoms with Gasteiger partial charge in [0.15, 0.2) is 0 Å². The fourth-order valence-corrected chi connectivity index (χ4v) is 3.85. The SMILES string of the molecule is CC(C)(C)c1ccccc1-c1ccc[cH-]1.C[C](C)=[Zr+2].[Cl-].[Cl-].c1ccc2c(c1)[cH-]c1ccccc12. The summed E-state index contributed by atoms with van der Waals surface area (Å²) in [6.45, 7) is 11.0. The van der Waals surface area contributed by atoms with Gasteiger partial charge in [-0.05, 0) is 5.41 Å². The van der Waals surface area contributed by atoms with Crippen molar-refractivity contribution in [1.29, 1.82) is 0 Å². The van der Waals surface area contributed by atoms with Gasteiger partial charge in [-0.1, -0.05) is 92.6 Å². The first kappa shape index (κ1) is 30.2. The summed E-state index contributed by atoms with van der Waals surface area (Å²) in [5, 5.41) is 5.39. The van der Waals surface area contributed by atoms with Gasteiger partial charge in [0.2, 0.25) is 0 Å². The van der Waals surface area contributed by atoms with E-state index in [1.165, 1.54) is 41.4 Å². The maximum atomic E-state index is 2.26.